The second kappa shape index (κ2) is 9.35. The highest BCUT2D eigenvalue weighted by atomic mass is 32.1. The lowest BCUT2D eigenvalue weighted by Gasteiger charge is -2.20. The number of carbonyl (C=O) groups is 1. The molecule has 0 saturated heterocycles. The van der Waals surface area contributed by atoms with E-state index in [9.17, 15) is 4.79 Å². The van der Waals surface area contributed by atoms with Gasteiger partial charge in [0.1, 0.15) is 17.9 Å². The van der Waals surface area contributed by atoms with Crippen LogP contribution in [-0.4, -0.2) is 43.2 Å². The Kier molecular flexibility index (Phi) is 6.11. The van der Waals surface area contributed by atoms with Crippen LogP contribution >= 0.6 is 11.3 Å². The summed E-state index contributed by atoms with van der Waals surface area (Å²) in [6, 6.07) is 14.0. The van der Waals surface area contributed by atoms with Crippen molar-refractivity contribution >= 4 is 28.1 Å². The lowest BCUT2D eigenvalue weighted by molar-refractivity contribution is -0.131. The van der Waals surface area contributed by atoms with Gasteiger partial charge in [0.15, 0.2) is 11.5 Å². The number of aromatic nitrogens is 1. The van der Waals surface area contributed by atoms with Crippen LogP contribution in [0.5, 0.6) is 17.2 Å². The van der Waals surface area contributed by atoms with Gasteiger partial charge in [0, 0.05) is 23.1 Å². The van der Waals surface area contributed by atoms with E-state index in [0.717, 1.165) is 44.6 Å². The number of hydrogen-bond acceptors (Lipinski definition) is 6. The van der Waals surface area contributed by atoms with Crippen molar-refractivity contribution in [2.24, 2.45) is 0 Å². The Bertz CT molecular complexity index is 1350. The van der Waals surface area contributed by atoms with Crippen LogP contribution in [0.1, 0.15) is 16.7 Å². The zero-order chi connectivity index (χ0) is 23.7. The number of amides is 1. The van der Waals surface area contributed by atoms with Crippen LogP contribution < -0.4 is 14.2 Å². The Balaban J connectivity index is 1.55. The number of hydrogen-bond donors (Lipinski definition) is 0. The SMILES string of the molecule is COc1cc(-c2cc(C)c3cccc(OC)c3n2)cc2c1OCCN(C(=O)Cc1ccsc1)C2. The number of carbonyl (C=O) groups excluding carboxylic acids is 1. The highest BCUT2D eigenvalue weighted by Gasteiger charge is 2.24. The molecule has 0 spiro atoms. The molecule has 6 nitrogen and oxygen atoms in total. The number of pyridine rings is 1. The zero-order valence-electron chi connectivity index (χ0n) is 19.5. The first-order valence-electron chi connectivity index (χ1n) is 11.1. The maximum Gasteiger partial charge on any atom is 0.227 e. The molecule has 0 unspecified atom stereocenters. The fourth-order valence-corrected chi connectivity index (χ4v) is 5.05. The van der Waals surface area contributed by atoms with Crippen molar-refractivity contribution in [1.82, 2.24) is 9.88 Å². The summed E-state index contributed by atoms with van der Waals surface area (Å²) in [5, 5.41) is 5.07. The molecule has 1 amide bonds. The second-order valence-corrected chi connectivity index (χ2v) is 9.10. The van der Waals surface area contributed by atoms with E-state index in [1.54, 1.807) is 25.6 Å². The van der Waals surface area contributed by atoms with Crippen molar-refractivity contribution in [3.8, 4) is 28.5 Å². The van der Waals surface area contributed by atoms with Gasteiger partial charge in [-0.15, -0.1) is 0 Å². The fourth-order valence-electron chi connectivity index (χ4n) is 4.38. The standard InChI is InChI=1S/C27H26N2O4S/c1-17-11-22(28-26-21(17)5-4-6-23(26)31-2)19-13-20-15-29(25(30)12-18-7-10-34-16-18)8-9-33-27(20)24(14-19)32-3/h4-7,10-11,13-14,16H,8-9,12,15H2,1-3H3. The Hall–Kier alpha value is -3.58. The molecule has 0 N–H and O–H groups in total. The smallest absolute Gasteiger partial charge is 0.227 e. The third kappa shape index (κ3) is 4.19. The van der Waals surface area contributed by atoms with Crippen LogP contribution in [-0.2, 0) is 17.8 Å². The third-order valence-electron chi connectivity index (χ3n) is 6.13. The number of para-hydroxylation sites is 1. The Morgan fingerprint density at radius 2 is 2.00 bits per heavy atom. The van der Waals surface area contributed by atoms with Crippen molar-refractivity contribution in [1.29, 1.82) is 0 Å². The summed E-state index contributed by atoms with van der Waals surface area (Å²) in [7, 11) is 3.29. The molecule has 0 aliphatic carbocycles. The van der Waals surface area contributed by atoms with Gasteiger partial charge in [-0.05, 0) is 59.1 Å². The van der Waals surface area contributed by atoms with E-state index in [1.165, 1.54) is 0 Å². The molecule has 0 radical (unpaired) electrons. The van der Waals surface area contributed by atoms with E-state index < -0.39 is 0 Å². The number of benzene rings is 2. The molecule has 0 bridgehead atoms. The van der Waals surface area contributed by atoms with Crippen LogP contribution in [0.25, 0.3) is 22.2 Å². The first-order valence-corrected chi connectivity index (χ1v) is 12.1. The van der Waals surface area contributed by atoms with Gasteiger partial charge >= 0.3 is 0 Å². The van der Waals surface area contributed by atoms with Crippen molar-refractivity contribution < 1.29 is 19.0 Å². The van der Waals surface area contributed by atoms with E-state index in [0.29, 0.717) is 37.6 Å². The largest absolute Gasteiger partial charge is 0.494 e. The molecule has 0 fully saturated rings. The molecule has 2 aromatic heterocycles. The molecule has 1 aliphatic heterocycles. The van der Waals surface area contributed by atoms with Gasteiger partial charge < -0.3 is 19.1 Å². The van der Waals surface area contributed by atoms with Gasteiger partial charge in [-0.25, -0.2) is 4.98 Å². The van der Waals surface area contributed by atoms with Crippen LogP contribution in [0, 0.1) is 6.92 Å². The van der Waals surface area contributed by atoms with Crippen LogP contribution in [0.15, 0.2) is 53.2 Å². The molecule has 0 saturated carbocycles. The van der Waals surface area contributed by atoms with Gasteiger partial charge in [-0.2, -0.15) is 11.3 Å². The lowest BCUT2D eigenvalue weighted by Crippen LogP contribution is -2.33. The van der Waals surface area contributed by atoms with Gasteiger partial charge in [-0.3, -0.25) is 4.79 Å². The zero-order valence-corrected chi connectivity index (χ0v) is 20.3. The number of nitrogens with zero attached hydrogens (tertiary/aromatic N) is 2. The van der Waals surface area contributed by atoms with Crippen LogP contribution in [0.3, 0.4) is 0 Å². The first-order chi connectivity index (χ1) is 16.6. The van der Waals surface area contributed by atoms with Crippen LogP contribution in [0.2, 0.25) is 0 Å². The van der Waals surface area contributed by atoms with E-state index in [4.69, 9.17) is 19.2 Å². The van der Waals surface area contributed by atoms with Gasteiger partial charge in [0.05, 0.1) is 32.9 Å². The van der Waals surface area contributed by atoms with Crippen molar-refractivity contribution in [3.05, 3.63) is 69.9 Å². The van der Waals surface area contributed by atoms with Gasteiger partial charge in [0.2, 0.25) is 5.91 Å². The number of ether oxygens (including phenoxy) is 3. The number of aryl methyl sites for hydroxylation is 1. The molecule has 1 aliphatic rings. The van der Waals surface area contributed by atoms with Crippen molar-refractivity contribution in [2.75, 3.05) is 27.4 Å². The molecule has 7 heteroatoms. The number of thiophene rings is 1. The normalized spacial score (nSPS) is 13.2. The minimum Gasteiger partial charge on any atom is -0.494 e. The summed E-state index contributed by atoms with van der Waals surface area (Å²) < 4.78 is 17.3. The van der Waals surface area contributed by atoms with Gasteiger partial charge in [-0.1, -0.05) is 12.1 Å². The molecule has 2 aromatic carbocycles. The Labute approximate surface area is 202 Å². The molecule has 34 heavy (non-hydrogen) atoms. The maximum atomic E-state index is 13.0. The summed E-state index contributed by atoms with van der Waals surface area (Å²) in [6.07, 6.45) is 0.390. The van der Waals surface area contributed by atoms with Gasteiger partial charge in [0.25, 0.3) is 0 Å². The maximum absolute atomic E-state index is 13.0. The predicted molar refractivity (Wildman–Crippen MR) is 134 cm³/mol. The fraction of sp³-hybridized carbons (Fsp3) is 0.259. The number of rotatable bonds is 5. The predicted octanol–water partition coefficient (Wildman–Crippen LogP) is 5.25. The summed E-state index contributed by atoms with van der Waals surface area (Å²) in [6.45, 7) is 3.48. The minimum atomic E-state index is 0.0867. The van der Waals surface area contributed by atoms with Crippen molar-refractivity contribution in [3.63, 3.8) is 0 Å². The van der Waals surface area contributed by atoms with E-state index in [-0.39, 0.29) is 5.91 Å². The number of fused-ring (bicyclic) bond motifs is 2. The first kappa shape index (κ1) is 22.2. The summed E-state index contributed by atoms with van der Waals surface area (Å²) >= 11 is 1.60. The highest BCUT2D eigenvalue weighted by molar-refractivity contribution is 7.08. The molecule has 4 aromatic rings. The van der Waals surface area contributed by atoms with Crippen LogP contribution in [0.4, 0.5) is 0 Å². The number of methoxy groups -OCH3 is 2. The van der Waals surface area contributed by atoms with E-state index >= 15 is 0 Å². The minimum absolute atomic E-state index is 0.0867. The lowest BCUT2D eigenvalue weighted by atomic mass is 10.0. The highest BCUT2D eigenvalue weighted by Crippen LogP contribution is 2.39. The molecular weight excluding hydrogens is 448 g/mol. The topological polar surface area (TPSA) is 60.9 Å². The molecule has 3 heterocycles. The second-order valence-electron chi connectivity index (χ2n) is 8.32. The Morgan fingerprint density at radius 3 is 2.76 bits per heavy atom. The molecule has 0 atom stereocenters. The molecule has 5 rings (SSSR count). The average molecular weight is 475 g/mol. The van der Waals surface area contributed by atoms with Crippen molar-refractivity contribution in [2.45, 2.75) is 19.9 Å². The summed E-state index contributed by atoms with van der Waals surface area (Å²) in [5.74, 6) is 2.15. The summed E-state index contributed by atoms with van der Waals surface area (Å²) in [4.78, 5) is 19.8. The van der Waals surface area contributed by atoms with E-state index in [1.807, 2.05) is 46.0 Å². The molecule has 174 valence electrons. The Morgan fingerprint density at radius 1 is 1.15 bits per heavy atom. The summed E-state index contributed by atoms with van der Waals surface area (Å²) in [5.41, 5.74) is 5.59. The van der Waals surface area contributed by atoms with E-state index in [2.05, 4.69) is 19.1 Å². The molecular formula is C27H26N2O4S. The monoisotopic (exact) mass is 474 g/mol. The third-order valence-corrected chi connectivity index (χ3v) is 6.87. The average Bonchev–Trinajstić information content (AvgIpc) is 3.26. The quantitative estimate of drug-likeness (QED) is 0.395.